The molecule has 1 unspecified atom stereocenters. The van der Waals surface area contributed by atoms with Gasteiger partial charge in [0.05, 0.1) is 18.5 Å². The van der Waals surface area contributed by atoms with Crippen LogP contribution in [0.4, 0.5) is 0 Å². The van der Waals surface area contributed by atoms with E-state index in [0.29, 0.717) is 31.4 Å². The first kappa shape index (κ1) is 12.7. The van der Waals surface area contributed by atoms with Gasteiger partial charge in [0.2, 0.25) is 6.41 Å². The molecule has 5 heteroatoms. The summed E-state index contributed by atoms with van der Waals surface area (Å²) in [6, 6.07) is 0. The molecule has 0 saturated heterocycles. The summed E-state index contributed by atoms with van der Waals surface area (Å²) in [6.07, 6.45) is 0.664. The highest BCUT2D eigenvalue weighted by atomic mass is 32.2. The van der Waals surface area contributed by atoms with Crippen molar-refractivity contribution >= 4 is 18.5 Å². The van der Waals surface area contributed by atoms with Crippen molar-refractivity contribution in [3.8, 4) is 0 Å². The van der Waals surface area contributed by atoms with Crippen LogP contribution in [-0.2, 0) is 13.7 Å². The minimum Gasteiger partial charge on any atom is -0.381 e. The van der Waals surface area contributed by atoms with E-state index in [1.165, 1.54) is 12.0 Å². The fraction of sp³-hybridized carbons (Fsp3) is 0.875. The van der Waals surface area contributed by atoms with Crippen LogP contribution in [-0.4, -0.2) is 38.0 Å². The number of carbonyl (C=O) groups is 1. The molecule has 0 aliphatic carbocycles. The molecule has 1 atom stereocenters. The second-order valence-corrected chi connectivity index (χ2v) is 3.69. The van der Waals surface area contributed by atoms with E-state index >= 15 is 0 Å². The highest BCUT2D eigenvalue weighted by Crippen LogP contribution is 2.11. The highest BCUT2D eigenvalue weighted by molar-refractivity contribution is 7.95. The molecule has 0 spiro atoms. The molecule has 0 heterocycles. The van der Waals surface area contributed by atoms with E-state index in [1.807, 2.05) is 13.8 Å². The third-order valence-corrected chi connectivity index (χ3v) is 1.97. The summed E-state index contributed by atoms with van der Waals surface area (Å²) >= 11 is 1.39. The van der Waals surface area contributed by atoms with Crippen molar-refractivity contribution in [2.45, 2.75) is 19.1 Å². The number of rotatable bonds is 9. The minimum atomic E-state index is 0.330. The molecule has 0 rings (SSSR count). The van der Waals surface area contributed by atoms with E-state index in [9.17, 15) is 4.79 Å². The second kappa shape index (κ2) is 9.83. The van der Waals surface area contributed by atoms with Gasteiger partial charge in [-0.2, -0.15) is 0 Å². The van der Waals surface area contributed by atoms with Crippen LogP contribution in [0.25, 0.3) is 0 Å². The van der Waals surface area contributed by atoms with E-state index in [-0.39, 0.29) is 0 Å². The fourth-order valence-corrected chi connectivity index (χ4v) is 1.20. The Kier molecular flexibility index (Phi) is 9.63. The zero-order valence-corrected chi connectivity index (χ0v) is 8.93. The molecule has 4 nitrogen and oxygen atoms in total. The molecule has 0 aromatic carbocycles. The Morgan fingerprint density at radius 2 is 2.38 bits per heavy atom. The molecule has 1 amide bonds. The Morgan fingerprint density at radius 1 is 1.62 bits per heavy atom. The molecule has 0 aromatic rings. The number of carbonyl (C=O) groups excluding carboxylic acids is 1. The number of amides is 1. The van der Waals surface area contributed by atoms with Crippen molar-refractivity contribution in [1.29, 1.82) is 0 Å². The van der Waals surface area contributed by atoms with Crippen molar-refractivity contribution in [3.05, 3.63) is 0 Å². The van der Waals surface area contributed by atoms with Crippen LogP contribution in [0.15, 0.2) is 0 Å². The van der Waals surface area contributed by atoms with Crippen LogP contribution in [0.1, 0.15) is 13.8 Å². The van der Waals surface area contributed by atoms with Crippen molar-refractivity contribution in [1.82, 2.24) is 5.32 Å². The van der Waals surface area contributed by atoms with E-state index in [2.05, 4.69) is 5.32 Å². The third-order valence-electron chi connectivity index (χ3n) is 1.20. The van der Waals surface area contributed by atoms with Gasteiger partial charge in [-0.05, 0) is 25.9 Å². The van der Waals surface area contributed by atoms with Crippen LogP contribution in [0.5, 0.6) is 0 Å². The van der Waals surface area contributed by atoms with Crippen LogP contribution in [0.3, 0.4) is 0 Å². The number of ether oxygens (including phenoxy) is 1. The van der Waals surface area contributed by atoms with Gasteiger partial charge in [-0.1, -0.05) is 0 Å². The number of hydrogen-bond acceptors (Lipinski definition) is 4. The van der Waals surface area contributed by atoms with Crippen molar-refractivity contribution < 1.29 is 13.7 Å². The van der Waals surface area contributed by atoms with Gasteiger partial charge in [-0.15, -0.1) is 0 Å². The summed E-state index contributed by atoms with van der Waals surface area (Å²) in [5.41, 5.74) is 0. The maximum atomic E-state index is 9.85. The normalized spacial score (nSPS) is 12.5. The number of nitrogens with one attached hydrogen (secondary N) is 1. The van der Waals surface area contributed by atoms with Crippen LogP contribution >= 0.6 is 12.0 Å². The molecular formula is C8H17NO3S. The maximum Gasteiger partial charge on any atom is 0.207 e. The Labute approximate surface area is 83.6 Å². The van der Waals surface area contributed by atoms with Crippen molar-refractivity contribution in [2.75, 3.05) is 26.4 Å². The third kappa shape index (κ3) is 9.66. The smallest absolute Gasteiger partial charge is 0.207 e. The largest absolute Gasteiger partial charge is 0.381 e. The average molecular weight is 207 g/mol. The van der Waals surface area contributed by atoms with Crippen molar-refractivity contribution in [3.63, 3.8) is 0 Å². The molecule has 0 aromatic heterocycles. The van der Waals surface area contributed by atoms with Gasteiger partial charge < -0.3 is 14.2 Å². The van der Waals surface area contributed by atoms with Crippen LogP contribution in [0.2, 0.25) is 0 Å². The molecule has 0 aliphatic heterocycles. The number of hydrogen-bond donors (Lipinski definition) is 1. The molecule has 0 saturated carbocycles. The monoisotopic (exact) mass is 207 g/mol. The van der Waals surface area contributed by atoms with Gasteiger partial charge in [-0.25, -0.2) is 0 Å². The molecule has 0 radical (unpaired) electrons. The Hall–Kier alpha value is -0.260. The molecule has 0 fully saturated rings. The summed E-state index contributed by atoms with van der Waals surface area (Å²) in [5, 5.41) is 2.84. The Balaban J connectivity index is 3.07. The lowest BCUT2D eigenvalue weighted by atomic mass is 10.5. The maximum absolute atomic E-state index is 9.85. The van der Waals surface area contributed by atoms with E-state index in [4.69, 9.17) is 8.92 Å². The summed E-state index contributed by atoms with van der Waals surface area (Å²) in [4.78, 5) is 9.85. The highest BCUT2D eigenvalue weighted by Gasteiger charge is 2.02. The summed E-state index contributed by atoms with van der Waals surface area (Å²) in [7, 11) is 0. The van der Waals surface area contributed by atoms with Gasteiger partial charge in [0.25, 0.3) is 0 Å². The summed E-state index contributed by atoms with van der Waals surface area (Å²) in [5.74, 6) is 0. The fourth-order valence-electron chi connectivity index (χ4n) is 0.635. The zero-order valence-electron chi connectivity index (χ0n) is 8.12. The summed E-state index contributed by atoms with van der Waals surface area (Å²) in [6.45, 7) is 6.51. The Morgan fingerprint density at radius 3 is 3.00 bits per heavy atom. The van der Waals surface area contributed by atoms with Gasteiger partial charge in [0.15, 0.2) is 0 Å². The molecule has 78 valence electrons. The van der Waals surface area contributed by atoms with Crippen LogP contribution < -0.4 is 5.32 Å². The van der Waals surface area contributed by atoms with Gasteiger partial charge in [0.1, 0.15) is 0 Å². The quantitative estimate of drug-likeness (QED) is 0.345. The first-order chi connectivity index (χ1) is 6.31. The predicted octanol–water partition coefficient (Wildman–Crippen LogP) is 0.822. The van der Waals surface area contributed by atoms with Crippen LogP contribution in [0, 0.1) is 0 Å². The first-order valence-electron chi connectivity index (χ1n) is 4.34. The lowest BCUT2D eigenvalue weighted by molar-refractivity contribution is -0.109. The average Bonchev–Trinajstić information content (AvgIpc) is 2.14. The topological polar surface area (TPSA) is 47.6 Å². The lowest BCUT2D eigenvalue weighted by Gasteiger charge is -2.09. The molecular weight excluding hydrogens is 190 g/mol. The van der Waals surface area contributed by atoms with E-state index in [0.717, 1.165) is 6.61 Å². The standard InChI is InChI=1S/C8H17NO3S/c1-3-11-6-8(2)13-12-5-4-9-7-10/h7-8H,3-6H2,1-2H3,(H,9,10). The second-order valence-electron chi connectivity index (χ2n) is 2.46. The van der Waals surface area contributed by atoms with Gasteiger partial charge >= 0.3 is 0 Å². The zero-order chi connectivity index (χ0) is 9.94. The van der Waals surface area contributed by atoms with E-state index in [1.54, 1.807) is 0 Å². The Bertz CT molecular complexity index is 124. The van der Waals surface area contributed by atoms with Gasteiger partial charge in [-0.3, -0.25) is 4.79 Å². The molecule has 1 N–H and O–H groups in total. The first-order valence-corrected chi connectivity index (χ1v) is 5.14. The lowest BCUT2D eigenvalue weighted by Crippen LogP contribution is -2.17. The predicted molar refractivity (Wildman–Crippen MR) is 53.6 cm³/mol. The van der Waals surface area contributed by atoms with Crippen molar-refractivity contribution in [2.24, 2.45) is 0 Å². The minimum absolute atomic E-state index is 0.330. The molecule has 0 bridgehead atoms. The van der Waals surface area contributed by atoms with E-state index < -0.39 is 0 Å². The summed E-state index contributed by atoms with van der Waals surface area (Å²) < 4.78 is 10.4. The SMILES string of the molecule is CCOCC(C)SOCCNC=O. The van der Waals surface area contributed by atoms with Gasteiger partial charge in [0, 0.05) is 13.2 Å². The molecule has 0 aliphatic rings. The molecule has 13 heavy (non-hydrogen) atoms.